The molecule has 1 saturated heterocycles. The van der Waals surface area contributed by atoms with E-state index in [1.54, 1.807) is 0 Å². The Labute approximate surface area is 128 Å². The molecule has 2 aromatic rings. The number of hydrogen-bond acceptors (Lipinski definition) is 1. The number of hydrogen-bond donors (Lipinski definition) is 0. The van der Waals surface area contributed by atoms with E-state index in [0.29, 0.717) is 6.10 Å². The number of rotatable bonds is 6. The van der Waals surface area contributed by atoms with Gasteiger partial charge >= 0.3 is 0 Å². The summed E-state index contributed by atoms with van der Waals surface area (Å²) in [6.07, 6.45) is 7.05. The zero-order valence-corrected chi connectivity index (χ0v) is 12.6. The van der Waals surface area contributed by atoms with Crippen LogP contribution in [0, 0.1) is 0 Å². The van der Waals surface area contributed by atoms with Gasteiger partial charge in [0.15, 0.2) is 0 Å². The van der Waals surface area contributed by atoms with Gasteiger partial charge in [-0.05, 0) is 36.8 Å². The van der Waals surface area contributed by atoms with E-state index >= 15 is 0 Å². The molecule has 0 saturated carbocycles. The third kappa shape index (κ3) is 6.92. The molecule has 1 aliphatic heterocycles. The lowest BCUT2D eigenvalue weighted by Crippen LogP contribution is -1.89. The molecule has 1 nitrogen and oxygen atoms in total. The van der Waals surface area contributed by atoms with E-state index < -0.39 is 0 Å². The third-order valence-corrected chi connectivity index (χ3v) is 3.48. The lowest BCUT2D eigenvalue weighted by molar-refractivity contribution is 0.397. The zero-order valence-electron chi connectivity index (χ0n) is 12.6. The molecule has 1 fully saturated rings. The van der Waals surface area contributed by atoms with Crippen LogP contribution in [-0.4, -0.2) is 12.7 Å². The summed E-state index contributed by atoms with van der Waals surface area (Å²) in [6.45, 7) is 4.65. The van der Waals surface area contributed by atoms with Crippen LogP contribution in [0.1, 0.15) is 24.0 Å². The molecule has 2 aromatic carbocycles. The predicted octanol–water partition coefficient (Wildman–Crippen LogP) is 4.82. The maximum absolute atomic E-state index is 5.13. The van der Waals surface area contributed by atoms with Crippen molar-refractivity contribution in [3.63, 3.8) is 0 Å². The van der Waals surface area contributed by atoms with Crippen LogP contribution in [0.4, 0.5) is 0 Å². The van der Waals surface area contributed by atoms with Crippen molar-refractivity contribution in [1.82, 2.24) is 0 Å². The Morgan fingerprint density at radius 2 is 1.43 bits per heavy atom. The average molecular weight is 280 g/mol. The molecule has 21 heavy (non-hydrogen) atoms. The maximum Gasteiger partial charge on any atom is 0.0813 e. The van der Waals surface area contributed by atoms with Gasteiger partial charge in [-0.2, -0.15) is 0 Å². The van der Waals surface area contributed by atoms with Crippen molar-refractivity contribution in [2.45, 2.75) is 31.8 Å². The first-order chi connectivity index (χ1) is 10.4. The fourth-order valence-electron chi connectivity index (χ4n) is 2.12. The number of ether oxygens (including phenoxy) is 1. The molecule has 0 amide bonds. The molecule has 0 spiro atoms. The Morgan fingerprint density at radius 3 is 1.90 bits per heavy atom. The van der Waals surface area contributed by atoms with Gasteiger partial charge in [0.25, 0.3) is 0 Å². The smallest absolute Gasteiger partial charge is 0.0813 e. The van der Waals surface area contributed by atoms with Crippen LogP contribution in [0.15, 0.2) is 73.3 Å². The first kappa shape index (κ1) is 15.5. The van der Waals surface area contributed by atoms with Crippen molar-refractivity contribution in [2.75, 3.05) is 6.61 Å². The summed E-state index contributed by atoms with van der Waals surface area (Å²) < 4.78 is 5.13. The van der Waals surface area contributed by atoms with Crippen molar-refractivity contribution in [3.05, 3.63) is 84.4 Å². The Morgan fingerprint density at radius 1 is 0.905 bits per heavy atom. The predicted molar refractivity (Wildman–Crippen MR) is 89.5 cm³/mol. The van der Waals surface area contributed by atoms with Gasteiger partial charge in [0.05, 0.1) is 12.7 Å². The third-order valence-electron chi connectivity index (χ3n) is 3.48. The van der Waals surface area contributed by atoms with Gasteiger partial charge in [0.1, 0.15) is 0 Å². The molecule has 0 aliphatic carbocycles. The van der Waals surface area contributed by atoms with Gasteiger partial charge in [-0.3, -0.25) is 0 Å². The van der Waals surface area contributed by atoms with Crippen molar-refractivity contribution in [2.24, 2.45) is 0 Å². The van der Waals surface area contributed by atoms with Crippen molar-refractivity contribution >= 4 is 0 Å². The highest BCUT2D eigenvalue weighted by Gasteiger charge is 2.21. The number of benzene rings is 2. The van der Waals surface area contributed by atoms with E-state index in [1.165, 1.54) is 17.5 Å². The van der Waals surface area contributed by atoms with Crippen LogP contribution < -0.4 is 0 Å². The molecule has 0 aromatic heterocycles. The van der Waals surface area contributed by atoms with Gasteiger partial charge in [-0.15, -0.1) is 6.58 Å². The summed E-state index contributed by atoms with van der Waals surface area (Å²) in [5.74, 6) is 0. The minimum Gasteiger partial charge on any atom is -0.373 e. The summed E-state index contributed by atoms with van der Waals surface area (Å²) in [7, 11) is 0. The summed E-state index contributed by atoms with van der Waals surface area (Å²) in [5, 5.41) is 0. The van der Waals surface area contributed by atoms with E-state index in [4.69, 9.17) is 4.74 Å². The Bertz CT molecular complexity index is 500. The molecular weight excluding hydrogens is 256 g/mol. The van der Waals surface area contributed by atoms with E-state index in [2.05, 4.69) is 61.2 Å². The summed E-state index contributed by atoms with van der Waals surface area (Å²) >= 11 is 0. The van der Waals surface area contributed by atoms with Crippen molar-refractivity contribution in [3.8, 4) is 0 Å². The van der Waals surface area contributed by atoms with Crippen LogP contribution in [0.3, 0.4) is 0 Å². The fourth-order valence-corrected chi connectivity index (χ4v) is 2.12. The second kappa shape index (κ2) is 9.15. The normalized spacial score (nSPS) is 15.7. The Balaban J connectivity index is 0.000000155. The second-order valence-corrected chi connectivity index (χ2v) is 5.29. The number of aryl methyl sites for hydroxylation is 2. The van der Waals surface area contributed by atoms with Gasteiger partial charge in [-0.25, -0.2) is 0 Å². The lowest BCUT2D eigenvalue weighted by Gasteiger charge is -1.96. The summed E-state index contributed by atoms with van der Waals surface area (Å²) in [4.78, 5) is 0. The molecule has 1 unspecified atom stereocenters. The van der Waals surface area contributed by atoms with Crippen LogP contribution >= 0.6 is 0 Å². The van der Waals surface area contributed by atoms with Gasteiger partial charge in [0, 0.05) is 0 Å². The first-order valence-electron chi connectivity index (χ1n) is 7.69. The monoisotopic (exact) mass is 280 g/mol. The standard InChI is InChI=1S/C10H12O.C10H12/c1-2-4-9(5-3-1)6-7-10-8-11-10;1-2-3-7-10-8-5-4-6-9-10/h1-5,10H,6-8H2;2,4-6,8-9H,1,3,7H2. The molecule has 0 N–H and O–H groups in total. The largest absolute Gasteiger partial charge is 0.373 e. The Kier molecular flexibility index (Phi) is 6.76. The summed E-state index contributed by atoms with van der Waals surface area (Å²) in [5.41, 5.74) is 2.81. The highest BCUT2D eigenvalue weighted by atomic mass is 16.6. The zero-order chi connectivity index (χ0) is 14.8. The molecule has 3 rings (SSSR count). The molecule has 1 heterocycles. The van der Waals surface area contributed by atoms with E-state index in [-0.39, 0.29) is 0 Å². The highest BCUT2D eigenvalue weighted by Crippen LogP contribution is 2.16. The van der Waals surface area contributed by atoms with Gasteiger partial charge in [0.2, 0.25) is 0 Å². The Hall–Kier alpha value is -1.86. The van der Waals surface area contributed by atoms with Crippen LogP contribution in [0.25, 0.3) is 0 Å². The van der Waals surface area contributed by atoms with Crippen LogP contribution in [0.5, 0.6) is 0 Å². The minimum atomic E-state index is 0.565. The van der Waals surface area contributed by atoms with Crippen LogP contribution in [-0.2, 0) is 17.6 Å². The highest BCUT2D eigenvalue weighted by molar-refractivity contribution is 5.15. The maximum atomic E-state index is 5.13. The first-order valence-corrected chi connectivity index (χ1v) is 7.69. The molecular formula is C20H24O. The average Bonchev–Trinajstić information content (AvgIpc) is 3.38. The van der Waals surface area contributed by atoms with E-state index in [0.717, 1.165) is 25.9 Å². The minimum absolute atomic E-state index is 0.565. The second-order valence-electron chi connectivity index (χ2n) is 5.29. The van der Waals surface area contributed by atoms with E-state index in [9.17, 15) is 0 Å². The summed E-state index contributed by atoms with van der Waals surface area (Å²) in [6, 6.07) is 21.0. The number of allylic oxidation sites excluding steroid dienone is 1. The SMILES string of the molecule is C=CCCc1ccccc1.c1ccc(CCC2CO2)cc1. The van der Waals surface area contributed by atoms with E-state index in [1.807, 2.05) is 12.1 Å². The van der Waals surface area contributed by atoms with Crippen molar-refractivity contribution in [1.29, 1.82) is 0 Å². The molecule has 1 heteroatoms. The number of epoxide rings is 1. The molecule has 1 aliphatic rings. The van der Waals surface area contributed by atoms with Crippen molar-refractivity contribution < 1.29 is 4.74 Å². The lowest BCUT2D eigenvalue weighted by atomic mass is 10.1. The topological polar surface area (TPSA) is 12.5 Å². The quantitative estimate of drug-likeness (QED) is 0.546. The van der Waals surface area contributed by atoms with Gasteiger partial charge in [-0.1, -0.05) is 66.7 Å². The molecule has 1 atom stereocenters. The fraction of sp³-hybridized carbons (Fsp3) is 0.300. The van der Waals surface area contributed by atoms with Crippen LogP contribution in [0.2, 0.25) is 0 Å². The molecule has 110 valence electrons. The van der Waals surface area contributed by atoms with Gasteiger partial charge < -0.3 is 4.74 Å². The molecule has 0 bridgehead atoms. The molecule has 0 radical (unpaired) electrons.